The van der Waals surface area contributed by atoms with Gasteiger partial charge in [0.25, 0.3) is 5.69 Å². The molecule has 0 bridgehead atoms. The Hall–Kier alpha value is -1.93. The van der Waals surface area contributed by atoms with Gasteiger partial charge < -0.3 is 15.2 Å². The molecule has 0 aliphatic heterocycles. The Morgan fingerprint density at radius 3 is 2.40 bits per heavy atom. The third-order valence-corrected chi connectivity index (χ3v) is 1.75. The van der Waals surface area contributed by atoms with Crippen molar-refractivity contribution in [2.24, 2.45) is 0 Å². The fourth-order valence-corrected chi connectivity index (χ4v) is 1.04. The molecule has 1 aromatic rings. The number of rotatable bonds is 3. The van der Waals surface area contributed by atoms with E-state index in [1.54, 1.807) is 0 Å². The minimum absolute atomic E-state index is 0.133. The number of benzene rings is 1. The molecular formula is C7H6BNO6. The smallest absolute Gasteiger partial charge is 0.477 e. The molecule has 0 amide bonds. The molecule has 78 valence electrons. The average molecular weight is 211 g/mol. The molecular weight excluding hydrogens is 205 g/mol. The highest BCUT2D eigenvalue weighted by Gasteiger charge is 2.23. The first-order chi connectivity index (χ1) is 6.93. The summed E-state index contributed by atoms with van der Waals surface area (Å²) in [7, 11) is -1.87. The van der Waals surface area contributed by atoms with Crippen molar-refractivity contribution in [3.05, 3.63) is 33.9 Å². The van der Waals surface area contributed by atoms with E-state index in [0.29, 0.717) is 0 Å². The maximum absolute atomic E-state index is 10.6. The van der Waals surface area contributed by atoms with Crippen LogP contribution in [0.2, 0.25) is 0 Å². The van der Waals surface area contributed by atoms with Gasteiger partial charge in [0.2, 0.25) is 0 Å². The van der Waals surface area contributed by atoms with Crippen LogP contribution in [-0.4, -0.2) is 33.2 Å². The molecule has 0 saturated carbocycles. The molecule has 0 unspecified atom stereocenters. The second kappa shape index (κ2) is 4.07. The Labute approximate surface area is 83.9 Å². The Kier molecular flexibility index (Phi) is 3.03. The second-order valence-electron chi connectivity index (χ2n) is 2.71. The van der Waals surface area contributed by atoms with Gasteiger partial charge in [-0.1, -0.05) is 6.07 Å². The van der Waals surface area contributed by atoms with Gasteiger partial charge in [-0.05, 0) is 11.5 Å². The summed E-state index contributed by atoms with van der Waals surface area (Å²) in [4.78, 5) is 20.2. The van der Waals surface area contributed by atoms with E-state index in [2.05, 4.69) is 0 Å². The highest BCUT2D eigenvalue weighted by Crippen LogP contribution is 2.16. The normalized spacial score (nSPS) is 9.73. The van der Waals surface area contributed by atoms with Gasteiger partial charge >= 0.3 is 13.1 Å². The highest BCUT2D eigenvalue weighted by atomic mass is 16.6. The monoisotopic (exact) mass is 211 g/mol. The maximum Gasteiger partial charge on any atom is 0.488 e. The summed E-state index contributed by atoms with van der Waals surface area (Å²) in [6, 6.07) is 2.87. The number of carboxylic acids is 1. The Balaban J connectivity index is 3.33. The molecule has 0 aliphatic rings. The van der Waals surface area contributed by atoms with Crippen LogP contribution in [0.15, 0.2) is 18.2 Å². The largest absolute Gasteiger partial charge is 0.488 e. The molecule has 3 N–H and O–H groups in total. The Bertz CT molecular complexity index is 418. The van der Waals surface area contributed by atoms with Crippen LogP contribution in [0.4, 0.5) is 5.69 Å². The number of nitrogens with zero attached hydrogens (tertiary/aromatic N) is 1. The molecule has 0 heterocycles. The van der Waals surface area contributed by atoms with Crippen molar-refractivity contribution in [1.82, 2.24) is 0 Å². The zero-order valence-corrected chi connectivity index (χ0v) is 7.32. The lowest BCUT2D eigenvalue weighted by molar-refractivity contribution is -0.385. The standard InChI is InChI=1S/C7H6BNO6/c10-7(11)5-2-1-4(8(12)13)3-6(5)9(14)15/h1-3,12-13H,(H,10,11). The van der Waals surface area contributed by atoms with Crippen molar-refractivity contribution < 1.29 is 24.9 Å². The summed E-state index contributed by atoms with van der Waals surface area (Å²) in [6.45, 7) is 0. The summed E-state index contributed by atoms with van der Waals surface area (Å²) in [6.07, 6.45) is 0. The number of aromatic carboxylic acids is 1. The minimum Gasteiger partial charge on any atom is -0.477 e. The first-order valence-electron chi connectivity index (χ1n) is 3.81. The SMILES string of the molecule is O=C(O)c1ccc(B(O)O)cc1[N+](=O)[O-]. The van der Waals surface area contributed by atoms with E-state index in [1.807, 2.05) is 0 Å². The predicted octanol–water partition coefficient (Wildman–Crippen LogP) is -1.03. The molecule has 0 radical (unpaired) electrons. The van der Waals surface area contributed by atoms with Gasteiger partial charge in [0.1, 0.15) is 5.56 Å². The number of hydrogen-bond acceptors (Lipinski definition) is 5. The summed E-state index contributed by atoms with van der Waals surface area (Å²) >= 11 is 0. The lowest BCUT2D eigenvalue weighted by Crippen LogP contribution is -2.30. The van der Waals surface area contributed by atoms with Gasteiger partial charge in [-0.3, -0.25) is 10.1 Å². The average Bonchev–Trinajstić information content (AvgIpc) is 2.16. The third-order valence-electron chi connectivity index (χ3n) is 1.75. The van der Waals surface area contributed by atoms with Gasteiger partial charge in [-0.2, -0.15) is 0 Å². The maximum atomic E-state index is 10.6. The van der Waals surface area contributed by atoms with E-state index in [-0.39, 0.29) is 5.46 Å². The second-order valence-corrected chi connectivity index (χ2v) is 2.71. The van der Waals surface area contributed by atoms with E-state index in [9.17, 15) is 14.9 Å². The molecule has 8 heteroatoms. The summed E-state index contributed by atoms with van der Waals surface area (Å²) in [5.41, 5.74) is -1.30. The van der Waals surface area contributed by atoms with Crippen LogP contribution in [0.3, 0.4) is 0 Å². The number of carbonyl (C=O) groups is 1. The van der Waals surface area contributed by atoms with Crippen molar-refractivity contribution in [1.29, 1.82) is 0 Å². The lowest BCUT2D eigenvalue weighted by Gasteiger charge is -2.01. The molecule has 0 fully saturated rings. The molecule has 1 aromatic carbocycles. The molecule has 0 saturated heterocycles. The van der Waals surface area contributed by atoms with E-state index in [4.69, 9.17) is 15.2 Å². The van der Waals surface area contributed by atoms with Crippen LogP contribution < -0.4 is 5.46 Å². The van der Waals surface area contributed by atoms with Crippen LogP contribution >= 0.6 is 0 Å². The van der Waals surface area contributed by atoms with E-state index < -0.39 is 29.3 Å². The molecule has 0 aliphatic carbocycles. The van der Waals surface area contributed by atoms with E-state index in [1.165, 1.54) is 0 Å². The minimum atomic E-state index is -1.87. The van der Waals surface area contributed by atoms with Crippen LogP contribution in [-0.2, 0) is 0 Å². The fraction of sp³-hybridized carbons (Fsp3) is 0. The van der Waals surface area contributed by atoms with Crippen LogP contribution in [0.1, 0.15) is 10.4 Å². The Morgan fingerprint density at radius 2 is 2.00 bits per heavy atom. The van der Waals surface area contributed by atoms with Crippen LogP contribution in [0.5, 0.6) is 0 Å². The number of nitro benzene ring substituents is 1. The van der Waals surface area contributed by atoms with Gasteiger partial charge in [0, 0.05) is 6.07 Å². The molecule has 1 rings (SSSR count). The van der Waals surface area contributed by atoms with Gasteiger partial charge in [-0.25, -0.2) is 4.79 Å². The highest BCUT2D eigenvalue weighted by molar-refractivity contribution is 6.58. The van der Waals surface area contributed by atoms with Gasteiger partial charge in [-0.15, -0.1) is 0 Å². The molecule has 15 heavy (non-hydrogen) atoms. The number of carboxylic acid groups (broad SMARTS) is 1. The van der Waals surface area contributed by atoms with Crippen molar-refractivity contribution >= 4 is 24.2 Å². The van der Waals surface area contributed by atoms with Crippen molar-refractivity contribution in [2.45, 2.75) is 0 Å². The summed E-state index contributed by atoms with van der Waals surface area (Å²) in [5, 5.41) is 36.6. The van der Waals surface area contributed by atoms with Crippen molar-refractivity contribution in [3.63, 3.8) is 0 Å². The predicted molar refractivity (Wildman–Crippen MR) is 49.9 cm³/mol. The zero-order chi connectivity index (χ0) is 11.6. The number of hydrogen-bond donors (Lipinski definition) is 3. The van der Waals surface area contributed by atoms with Crippen molar-refractivity contribution in [3.8, 4) is 0 Å². The molecule has 0 aromatic heterocycles. The van der Waals surface area contributed by atoms with Gasteiger partial charge in [0.05, 0.1) is 4.92 Å². The molecule has 0 spiro atoms. The van der Waals surface area contributed by atoms with E-state index >= 15 is 0 Å². The third kappa shape index (κ3) is 2.30. The Morgan fingerprint density at radius 1 is 1.40 bits per heavy atom. The van der Waals surface area contributed by atoms with Crippen LogP contribution in [0.25, 0.3) is 0 Å². The molecule has 0 atom stereocenters. The fourth-order valence-electron chi connectivity index (χ4n) is 1.04. The molecule has 7 nitrogen and oxygen atoms in total. The zero-order valence-electron chi connectivity index (χ0n) is 7.32. The number of nitro groups is 1. The lowest BCUT2D eigenvalue weighted by atomic mass is 9.79. The first-order valence-corrected chi connectivity index (χ1v) is 3.81. The summed E-state index contributed by atoms with van der Waals surface area (Å²) < 4.78 is 0. The van der Waals surface area contributed by atoms with Crippen LogP contribution in [0, 0.1) is 10.1 Å². The quantitative estimate of drug-likeness (QED) is 0.334. The first kappa shape index (κ1) is 11.2. The topological polar surface area (TPSA) is 121 Å². The van der Waals surface area contributed by atoms with E-state index in [0.717, 1.165) is 18.2 Å². The van der Waals surface area contributed by atoms with Crippen molar-refractivity contribution in [2.75, 3.05) is 0 Å². The van der Waals surface area contributed by atoms with Gasteiger partial charge in [0.15, 0.2) is 0 Å². The summed E-state index contributed by atoms with van der Waals surface area (Å²) in [5.74, 6) is -1.44.